The fourth-order valence-corrected chi connectivity index (χ4v) is 4.94. The number of rotatable bonds is 2. The summed E-state index contributed by atoms with van der Waals surface area (Å²) in [6.45, 7) is 0. The third kappa shape index (κ3) is 2.73. The Hall–Kier alpha value is -1.36. The van der Waals surface area contributed by atoms with Crippen LogP contribution in [0.1, 0.15) is 36.4 Å². The Balaban J connectivity index is 1.72. The molecule has 3 rings (SSSR count). The third-order valence-electron chi connectivity index (χ3n) is 4.29. The van der Waals surface area contributed by atoms with Gasteiger partial charge in [0.1, 0.15) is 0 Å². The molecule has 0 saturated carbocycles. The average Bonchev–Trinajstić information content (AvgIpc) is 2.80. The smallest absolute Gasteiger partial charge is 0.224 e. The zero-order valence-electron chi connectivity index (χ0n) is 11.3. The highest BCUT2D eigenvalue weighted by molar-refractivity contribution is 7.91. The predicted octanol–water partition coefficient (Wildman–Crippen LogP) is 1.61. The molecule has 1 aliphatic heterocycles. The summed E-state index contributed by atoms with van der Waals surface area (Å²) in [5.74, 6) is -0.318. The first-order valence-electron chi connectivity index (χ1n) is 7.14. The average molecular weight is 293 g/mol. The zero-order chi connectivity index (χ0) is 14.2. The highest BCUT2D eigenvalue weighted by atomic mass is 32.2. The van der Waals surface area contributed by atoms with Crippen molar-refractivity contribution in [3.63, 3.8) is 0 Å². The lowest BCUT2D eigenvalue weighted by atomic mass is 9.87. The first-order chi connectivity index (χ1) is 9.55. The molecule has 2 atom stereocenters. The number of nitrogens with one attached hydrogen (secondary N) is 1. The number of carbonyl (C=O) groups excluding carboxylic acids is 1. The van der Waals surface area contributed by atoms with Crippen molar-refractivity contribution in [2.24, 2.45) is 5.92 Å². The second-order valence-corrected chi connectivity index (χ2v) is 7.98. The van der Waals surface area contributed by atoms with Gasteiger partial charge in [0.25, 0.3) is 0 Å². The fourth-order valence-electron chi connectivity index (χ4n) is 3.20. The Bertz CT molecular complexity index is 624. The predicted molar refractivity (Wildman–Crippen MR) is 77.0 cm³/mol. The zero-order valence-corrected chi connectivity index (χ0v) is 12.2. The van der Waals surface area contributed by atoms with E-state index in [2.05, 4.69) is 17.4 Å². The molecule has 1 aliphatic carbocycles. The van der Waals surface area contributed by atoms with Crippen molar-refractivity contribution in [2.75, 3.05) is 11.5 Å². The Kier molecular flexibility index (Phi) is 3.54. The minimum atomic E-state index is -3.00. The van der Waals surface area contributed by atoms with Gasteiger partial charge in [-0.3, -0.25) is 4.79 Å². The van der Waals surface area contributed by atoms with Gasteiger partial charge >= 0.3 is 0 Å². The van der Waals surface area contributed by atoms with Crippen LogP contribution in [0.4, 0.5) is 0 Å². The van der Waals surface area contributed by atoms with Gasteiger partial charge in [0, 0.05) is 0 Å². The molecule has 1 heterocycles. The SMILES string of the molecule is O=C(N[C@@H]1CCCc2ccccc21)[C@@H]1CCS(=O)(=O)C1. The summed E-state index contributed by atoms with van der Waals surface area (Å²) in [6, 6.07) is 8.21. The molecule has 5 heteroatoms. The van der Waals surface area contributed by atoms with Crippen LogP contribution in [-0.2, 0) is 21.1 Å². The number of aryl methyl sites for hydroxylation is 1. The maximum atomic E-state index is 12.2. The highest BCUT2D eigenvalue weighted by Crippen LogP contribution is 2.30. The quantitative estimate of drug-likeness (QED) is 0.901. The number of benzene rings is 1. The van der Waals surface area contributed by atoms with E-state index in [4.69, 9.17) is 0 Å². The van der Waals surface area contributed by atoms with Crippen LogP contribution in [0.15, 0.2) is 24.3 Å². The molecule has 108 valence electrons. The van der Waals surface area contributed by atoms with Gasteiger partial charge in [-0.05, 0) is 36.8 Å². The van der Waals surface area contributed by atoms with Crippen LogP contribution >= 0.6 is 0 Å². The molecule has 0 bridgehead atoms. The van der Waals surface area contributed by atoms with Crippen LogP contribution in [0.25, 0.3) is 0 Å². The van der Waals surface area contributed by atoms with E-state index in [1.165, 1.54) is 11.1 Å². The van der Waals surface area contributed by atoms with Crippen molar-refractivity contribution >= 4 is 15.7 Å². The molecule has 0 unspecified atom stereocenters. The van der Waals surface area contributed by atoms with E-state index in [9.17, 15) is 13.2 Å². The number of hydrogen-bond acceptors (Lipinski definition) is 3. The van der Waals surface area contributed by atoms with E-state index in [-0.39, 0.29) is 29.4 Å². The van der Waals surface area contributed by atoms with Crippen LogP contribution in [0, 0.1) is 5.92 Å². The Morgan fingerprint density at radius 1 is 1.20 bits per heavy atom. The Labute approximate surface area is 119 Å². The van der Waals surface area contributed by atoms with Gasteiger partial charge in [-0.2, -0.15) is 0 Å². The minimum absolute atomic E-state index is 0.00714. The van der Waals surface area contributed by atoms with Crippen LogP contribution in [-0.4, -0.2) is 25.8 Å². The Morgan fingerprint density at radius 2 is 2.00 bits per heavy atom. The number of sulfone groups is 1. The van der Waals surface area contributed by atoms with Crippen molar-refractivity contribution in [3.05, 3.63) is 35.4 Å². The molecule has 0 spiro atoms. The molecule has 0 aromatic heterocycles. The summed E-state index contributed by atoms with van der Waals surface area (Å²) >= 11 is 0. The first kappa shape index (κ1) is 13.6. The number of hydrogen-bond donors (Lipinski definition) is 1. The van der Waals surface area contributed by atoms with Crippen molar-refractivity contribution in [1.82, 2.24) is 5.32 Å². The summed E-state index contributed by atoms with van der Waals surface area (Å²) < 4.78 is 22.9. The largest absolute Gasteiger partial charge is 0.349 e. The van der Waals surface area contributed by atoms with E-state index < -0.39 is 9.84 Å². The van der Waals surface area contributed by atoms with Crippen molar-refractivity contribution in [2.45, 2.75) is 31.7 Å². The maximum Gasteiger partial charge on any atom is 0.224 e. The molecule has 1 aromatic carbocycles. The number of carbonyl (C=O) groups is 1. The lowest BCUT2D eigenvalue weighted by Gasteiger charge is -2.27. The van der Waals surface area contributed by atoms with Crippen molar-refractivity contribution in [3.8, 4) is 0 Å². The molecule has 4 nitrogen and oxygen atoms in total. The molecule has 1 saturated heterocycles. The lowest BCUT2D eigenvalue weighted by molar-refractivity contribution is -0.125. The third-order valence-corrected chi connectivity index (χ3v) is 6.06. The van der Waals surface area contributed by atoms with E-state index in [0.29, 0.717) is 6.42 Å². The van der Waals surface area contributed by atoms with E-state index in [1.54, 1.807) is 0 Å². The molecule has 1 amide bonds. The van der Waals surface area contributed by atoms with Gasteiger partial charge in [0.2, 0.25) is 5.91 Å². The van der Waals surface area contributed by atoms with Crippen LogP contribution in [0.3, 0.4) is 0 Å². The summed E-state index contributed by atoms with van der Waals surface area (Å²) in [4.78, 5) is 12.2. The topological polar surface area (TPSA) is 63.2 Å². The molecular formula is C15H19NO3S. The van der Waals surface area contributed by atoms with Crippen LogP contribution < -0.4 is 5.32 Å². The molecule has 1 fully saturated rings. The molecule has 20 heavy (non-hydrogen) atoms. The summed E-state index contributed by atoms with van der Waals surface area (Å²) in [5, 5.41) is 3.05. The molecular weight excluding hydrogens is 274 g/mol. The monoisotopic (exact) mass is 293 g/mol. The molecule has 1 N–H and O–H groups in total. The van der Waals surface area contributed by atoms with Crippen LogP contribution in [0.2, 0.25) is 0 Å². The molecule has 0 radical (unpaired) electrons. The lowest BCUT2D eigenvalue weighted by Crippen LogP contribution is -2.36. The highest BCUT2D eigenvalue weighted by Gasteiger charge is 2.34. The van der Waals surface area contributed by atoms with E-state index >= 15 is 0 Å². The van der Waals surface area contributed by atoms with Gasteiger partial charge in [0.05, 0.1) is 23.5 Å². The normalized spacial score (nSPS) is 27.8. The van der Waals surface area contributed by atoms with Gasteiger partial charge in [-0.25, -0.2) is 8.42 Å². The number of amides is 1. The van der Waals surface area contributed by atoms with E-state index in [1.807, 2.05) is 12.1 Å². The fraction of sp³-hybridized carbons (Fsp3) is 0.533. The molecule has 1 aromatic rings. The second-order valence-electron chi connectivity index (χ2n) is 5.75. The first-order valence-corrected chi connectivity index (χ1v) is 8.96. The number of fused-ring (bicyclic) bond motifs is 1. The minimum Gasteiger partial charge on any atom is -0.349 e. The van der Waals surface area contributed by atoms with E-state index in [0.717, 1.165) is 19.3 Å². The van der Waals surface area contributed by atoms with Crippen molar-refractivity contribution in [1.29, 1.82) is 0 Å². The summed E-state index contributed by atoms with van der Waals surface area (Å²) in [6.07, 6.45) is 3.51. The van der Waals surface area contributed by atoms with Crippen molar-refractivity contribution < 1.29 is 13.2 Å². The summed E-state index contributed by atoms with van der Waals surface area (Å²) in [5.41, 5.74) is 2.48. The van der Waals surface area contributed by atoms with Gasteiger partial charge in [0.15, 0.2) is 9.84 Å². The second kappa shape index (κ2) is 5.20. The molecule has 2 aliphatic rings. The van der Waals surface area contributed by atoms with Gasteiger partial charge < -0.3 is 5.32 Å². The standard InChI is InChI=1S/C15H19NO3S/c17-15(12-8-9-20(18,19)10-12)16-14-7-3-5-11-4-1-2-6-13(11)14/h1-2,4,6,12,14H,3,5,7-10H2,(H,16,17)/t12-,14-/m1/s1. The maximum absolute atomic E-state index is 12.2. The van der Waals surface area contributed by atoms with Crippen LogP contribution in [0.5, 0.6) is 0 Å². The summed E-state index contributed by atoms with van der Waals surface area (Å²) in [7, 11) is -3.00. The van der Waals surface area contributed by atoms with Gasteiger partial charge in [-0.15, -0.1) is 0 Å². The Morgan fingerprint density at radius 3 is 2.75 bits per heavy atom. The van der Waals surface area contributed by atoms with Gasteiger partial charge in [-0.1, -0.05) is 24.3 Å².